The summed E-state index contributed by atoms with van der Waals surface area (Å²) in [6.07, 6.45) is 4.59. The van der Waals surface area contributed by atoms with Gasteiger partial charge in [0, 0.05) is 5.92 Å². The largest absolute Gasteiger partial charge is 0.481 e. The number of ether oxygens (including phenoxy) is 1. The Morgan fingerprint density at radius 3 is 2.43 bits per heavy atom. The van der Waals surface area contributed by atoms with Crippen molar-refractivity contribution in [3.05, 3.63) is 0 Å². The summed E-state index contributed by atoms with van der Waals surface area (Å²) in [6.45, 7) is 5.79. The van der Waals surface area contributed by atoms with Crippen molar-refractivity contribution in [2.75, 3.05) is 0 Å². The molecule has 0 aromatic carbocycles. The van der Waals surface area contributed by atoms with E-state index in [9.17, 15) is 14.7 Å². The topological polar surface area (TPSA) is 63.6 Å². The lowest BCUT2D eigenvalue weighted by Gasteiger charge is -2.56. The van der Waals surface area contributed by atoms with Crippen LogP contribution in [0.2, 0.25) is 0 Å². The molecule has 0 amide bonds. The van der Waals surface area contributed by atoms with E-state index >= 15 is 0 Å². The van der Waals surface area contributed by atoms with E-state index in [1.54, 1.807) is 0 Å². The molecule has 6 unspecified atom stereocenters. The Bertz CT molecular complexity index is 456. The van der Waals surface area contributed by atoms with Gasteiger partial charge in [-0.1, -0.05) is 6.92 Å². The highest BCUT2D eigenvalue weighted by Crippen LogP contribution is 2.57. The van der Waals surface area contributed by atoms with Gasteiger partial charge in [0.05, 0.1) is 11.3 Å². The lowest BCUT2D eigenvalue weighted by atomic mass is 9.50. The molecule has 0 saturated heterocycles. The maximum atomic E-state index is 12.4. The quantitative estimate of drug-likeness (QED) is 0.809. The molecule has 0 aromatic rings. The van der Waals surface area contributed by atoms with Crippen LogP contribution in [-0.2, 0) is 14.3 Å². The number of rotatable bonds is 4. The molecule has 4 rings (SSSR count). The van der Waals surface area contributed by atoms with Crippen molar-refractivity contribution >= 4 is 11.9 Å². The van der Waals surface area contributed by atoms with E-state index in [1.165, 1.54) is 0 Å². The van der Waals surface area contributed by atoms with Crippen LogP contribution >= 0.6 is 0 Å². The summed E-state index contributed by atoms with van der Waals surface area (Å²) < 4.78 is 5.86. The highest BCUT2D eigenvalue weighted by molar-refractivity contribution is 5.76. The second-order valence-electron chi connectivity index (χ2n) is 7.96. The summed E-state index contributed by atoms with van der Waals surface area (Å²) in [5.41, 5.74) is -0.479. The first kappa shape index (κ1) is 14.9. The molecular formula is C17H26O4. The zero-order valence-corrected chi connectivity index (χ0v) is 13.2. The number of esters is 1. The fraction of sp³-hybridized carbons (Fsp3) is 0.882. The van der Waals surface area contributed by atoms with Crippen LogP contribution in [-0.4, -0.2) is 23.1 Å². The van der Waals surface area contributed by atoms with Crippen LogP contribution in [0.3, 0.4) is 0 Å². The third kappa shape index (κ3) is 2.36. The van der Waals surface area contributed by atoms with Gasteiger partial charge in [0.2, 0.25) is 0 Å². The van der Waals surface area contributed by atoms with Gasteiger partial charge >= 0.3 is 11.9 Å². The maximum absolute atomic E-state index is 12.4. The first-order valence-corrected chi connectivity index (χ1v) is 8.27. The van der Waals surface area contributed by atoms with Gasteiger partial charge in [-0.3, -0.25) is 9.59 Å². The summed E-state index contributed by atoms with van der Waals surface area (Å²) in [5.74, 6) is 0.226. The molecule has 6 atom stereocenters. The summed E-state index contributed by atoms with van der Waals surface area (Å²) in [4.78, 5) is 24.0. The molecule has 4 nitrogen and oxygen atoms in total. The summed E-state index contributed by atoms with van der Waals surface area (Å²) >= 11 is 0. The molecule has 0 spiro atoms. The van der Waals surface area contributed by atoms with Gasteiger partial charge in [0.25, 0.3) is 0 Å². The zero-order valence-electron chi connectivity index (χ0n) is 13.2. The van der Waals surface area contributed by atoms with Gasteiger partial charge in [0.15, 0.2) is 0 Å². The van der Waals surface area contributed by atoms with Crippen molar-refractivity contribution in [1.29, 1.82) is 0 Å². The Morgan fingerprint density at radius 2 is 1.81 bits per heavy atom. The van der Waals surface area contributed by atoms with E-state index in [0.29, 0.717) is 17.8 Å². The average Bonchev–Trinajstić information content (AvgIpc) is 2.41. The number of carboxylic acid groups (broad SMARTS) is 1. The minimum absolute atomic E-state index is 0.0374. The third-order valence-electron chi connectivity index (χ3n) is 6.30. The molecule has 4 aliphatic rings. The first-order valence-electron chi connectivity index (χ1n) is 8.27. The Morgan fingerprint density at radius 1 is 1.14 bits per heavy atom. The minimum atomic E-state index is -0.695. The summed E-state index contributed by atoms with van der Waals surface area (Å²) in [7, 11) is 0. The first-order chi connectivity index (χ1) is 9.83. The molecule has 4 saturated carbocycles. The Balaban J connectivity index is 1.79. The van der Waals surface area contributed by atoms with E-state index in [4.69, 9.17) is 4.74 Å². The molecule has 0 heterocycles. The molecule has 0 radical (unpaired) electrons. The van der Waals surface area contributed by atoms with Crippen molar-refractivity contribution in [3.8, 4) is 0 Å². The van der Waals surface area contributed by atoms with Crippen LogP contribution in [0.4, 0.5) is 0 Å². The van der Waals surface area contributed by atoms with Crippen LogP contribution in [0, 0.1) is 35.0 Å². The summed E-state index contributed by atoms with van der Waals surface area (Å²) in [5, 5.41) is 9.56. The average molecular weight is 294 g/mol. The van der Waals surface area contributed by atoms with Crippen molar-refractivity contribution in [3.63, 3.8) is 0 Å². The molecule has 118 valence electrons. The van der Waals surface area contributed by atoms with E-state index in [2.05, 4.69) is 0 Å². The molecule has 21 heavy (non-hydrogen) atoms. The molecule has 4 fully saturated rings. The lowest BCUT2D eigenvalue weighted by molar-refractivity contribution is -0.196. The normalized spacial score (nSPS) is 41.1. The second kappa shape index (κ2) is 4.99. The van der Waals surface area contributed by atoms with E-state index < -0.39 is 11.4 Å². The molecule has 4 heteroatoms. The monoisotopic (exact) mass is 294 g/mol. The van der Waals surface area contributed by atoms with Crippen LogP contribution in [0.5, 0.6) is 0 Å². The Kier molecular flexibility index (Phi) is 3.53. The summed E-state index contributed by atoms with van der Waals surface area (Å²) in [6, 6.07) is 0. The SMILES string of the molecule is CCC(C)(C)C(=O)OC1C2CC3CC(C2)C(C(=O)O)C1C3. The predicted molar refractivity (Wildman–Crippen MR) is 77.5 cm³/mol. The van der Waals surface area contributed by atoms with Crippen molar-refractivity contribution < 1.29 is 19.4 Å². The molecule has 0 aliphatic heterocycles. The van der Waals surface area contributed by atoms with Gasteiger partial charge in [0.1, 0.15) is 6.10 Å². The standard InChI is InChI=1S/C17H26O4/c1-4-17(2,3)16(20)21-14-11-6-9-5-10(8-11)13(15(18)19)12(14)7-9/h9-14H,4-8H2,1-3H3,(H,18,19). The highest BCUT2D eigenvalue weighted by Gasteiger charge is 2.57. The van der Waals surface area contributed by atoms with Gasteiger partial charge in [-0.15, -0.1) is 0 Å². The van der Waals surface area contributed by atoms with E-state index in [-0.39, 0.29) is 23.9 Å². The van der Waals surface area contributed by atoms with Crippen molar-refractivity contribution in [1.82, 2.24) is 0 Å². The second-order valence-corrected chi connectivity index (χ2v) is 7.96. The van der Waals surface area contributed by atoms with Crippen LogP contribution in [0.1, 0.15) is 52.9 Å². The Hall–Kier alpha value is -1.06. The molecule has 4 aliphatic carbocycles. The van der Waals surface area contributed by atoms with Crippen LogP contribution in [0.25, 0.3) is 0 Å². The molecule has 0 aromatic heterocycles. The molecular weight excluding hydrogens is 268 g/mol. The van der Waals surface area contributed by atoms with Gasteiger partial charge in [-0.05, 0) is 63.7 Å². The van der Waals surface area contributed by atoms with E-state index in [0.717, 1.165) is 32.1 Å². The predicted octanol–water partition coefficient (Wildman–Crippen LogP) is 3.10. The fourth-order valence-corrected chi connectivity index (χ4v) is 4.85. The van der Waals surface area contributed by atoms with E-state index in [1.807, 2.05) is 20.8 Å². The fourth-order valence-electron chi connectivity index (χ4n) is 4.85. The lowest BCUT2D eigenvalue weighted by Crippen LogP contribution is -2.57. The zero-order chi connectivity index (χ0) is 15.4. The highest BCUT2D eigenvalue weighted by atomic mass is 16.5. The maximum Gasteiger partial charge on any atom is 0.311 e. The van der Waals surface area contributed by atoms with Gasteiger partial charge < -0.3 is 9.84 Å². The van der Waals surface area contributed by atoms with Crippen molar-refractivity contribution in [2.45, 2.75) is 59.0 Å². The molecule has 1 N–H and O–H groups in total. The van der Waals surface area contributed by atoms with Crippen LogP contribution < -0.4 is 0 Å². The van der Waals surface area contributed by atoms with Gasteiger partial charge in [-0.25, -0.2) is 0 Å². The molecule has 4 bridgehead atoms. The van der Waals surface area contributed by atoms with Crippen molar-refractivity contribution in [2.24, 2.45) is 35.0 Å². The number of hydrogen-bond donors (Lipinski definition) is 1. The Labute approximate surface area is 126 Å². The van der Waals surface area contributed by atoms with Gasteiger partial charge in [-0.2, -0.15) is 0 Å². The number of carbonyl (C=O) groups is 2. The smallest absolute Gasteiger partial charge is 0.311 e. The number of carboxylic acids is 1. The van der Waals surface area contributed by atoms with Crippen LogP contribution in [0.15, 0.2) is 0 Å². The third-order valence-corrected chi connectivity index (χ3v) is 6.30. The number of carbonyl (C=O) groups excluding carboxylic acids is 1. The number of aliphatic carboxylic acids is 1. The number of hydrogen-bond acceptors (Lipinski definition) is 3. The minimum Gasteiger partial charge on any atom is -0.481 e.